The number of carbonyl (C=O) groups is 1. The fourth-order valence-electron chi connectivity index (χ4n) is 2.33. The minimum absolute atomic E-state index is 0.119. The van der Waals surface area contributed by atoms with Gasteiger partial charge >= 0.3 is 5.97 Å². The summed E-state index contributed by atoms with van der Waals surface area (Å²) in [6, 6.07) is 0. The van der Waals surface area contributed by atoms with Crippen LogP contribution in [0.1, 0.15) is 91.4 Å². The Kier molecular flexibility index (Phi) is 16.4. The fourth-order valence-corrected chi connectivity index (χ4v) is 2.33. The summed E-state index contributed by atoms with van der Waals surface area (Å²) in [6.45, 7) is 8.55. The second-order valence-electron chi connectivity index (χ2n) is 6.59. The van der Waals surface area contributed by atoms with Gasteiger partial charge in [-0.3, -0.25) is 4.79 Å². The molecule has 0 aliphatic heterocycles. The van der Waals surface area contributed by atoms with Crippen LogP contribution >= 0.6 is 0 Å². The molecule has 0 N–H and O–H groups in total. The van der Waals surface area contributed by atoms with Crippen molar-refractivity contribution in [2.75, 3.05) is 19.8 Å². The minimum Gasteiger partial charge on any atom is -0.466 e. The number of hydrogen-bond acceptors (Lipinski definition) is 3. The van der Waals surface area contributed by atoms with Crippen molar-refractivity contribution in [3.05, 3.63) is 0 Å². The fraction of sp³-hybridized carbons (Fsp3) is 0.947. The molecule has 132 valence electrons. The monoisotopic (exact) mass is 314 g/mol. The molecule has 0 aromatic carbocycles. The summed E-state index contributed by atoms with van der Waals surface area (Å²) < 4.78 is 10.7. The van der Waals surface area contributed by atoms with Crippen LogP contribution in [0.4, 0.5) is 0 Å². The first-order chi connectivity index (χ1) is 10.7. The van der Waals surface area contributed by atoms with Crippen molar-refractivity contribution in [2.45, 2.75) is 91.4 Å². The lowest BCUT2D eigenvalue weighted by atomic mass is 10.1. The summed E-state index contributed by atoms with van der Waals surface area (Å²) in [6.07, 6.45) is 12.6. The molecule has 0 fully saturated rings. The zero-order chi connectivity index (χ0) is 16.5. The standard InChI is InChI=1S/C19H38O3/c1-4-5-6-7-8-11-15-21-17-14-19(20)22-16-12-9-10-13-18(2)3/h18H,4-17H2,1-3H3. The van der Waals surface area contributed by atoms with Gasteiger partial charge in [0.1, 0.15) is 0 Å². The van der Waals surface area contributed by atoms with Crippen LogP contribution in [0.3, 0.4) is 0 Å². The molecule has 0 amide bonds. The van der Waals surface area contributed by atoms with Gasteiger partial charge in [0.05, 0.1) is 19.6 Å². The summed E-state index contributed by atoms with van der Waals surface area (Å²) in [5, 5.41) is 0. The Balaban J connectivity index is 3.16. The Morgan fingerprint density at radius 2 is 1.45 bits per heavy atom. The van der Waals surface area contributed by atoms with Gasteiger partial charge in [-0.25, -0.2) is 0 Å². The first kappa shape index (κ1) is 21.4. The predicted octanol–water partition coefficient (Wildman–Crippen LogP) is 5.51. The Morgan fingerprint density at radius 3 is 2.18 bits per heavy atom. The summed E-state index contributed by atoms with van der Waals surface area (Å²) >= 11 is 0. The van der Waals surface area contributed by atoms with Crippen LogP contribution in [0.15, 0.2) is 0 Å². The van der Waals surface area contributed by atoms with Gasteiger partial charge in [-0.1, -0.05) is 72.1 Å². The van der Waals surface area contributed by atoms with Crippen molar-refractivity contribution in [1.82, 2.24) is 0 Å². The maximum absolute atomic E-state index is 11.5. The van der Waals surface area contributed by atoms with Crippen molar-refractivity contribution in [2.24, 2.45) is 5.92 Å². The molecule has 0 rings (SSSR count). The van der Waals surface area contributed by atoms with Gasteiger partial charge < -0.3 is 9.47 Å². The first-order valence-electron chi connectivity index (χ1n) is 9.40. The Morgan fingerprint density at radius 1 is 0.818 bits per heavy atom. The van der Waals surface area contributed by atoms with Crippen molar-refractivity contribution < 1.29 is 14.3 Å². The lowest BCUT2D eigenvalue weighted by Gasteiger charge is -2.07. The van der Waals surface area contributed by atoms with E-state index in [4.69, 9.17) is 9.47 Å². The number of unbranched alkanes of at least 4 members (excludes halogenated alkanes) is 7. The Hall–Kier alpha value is -0.570. The molecule has 0 heterocycles. The van der Waals surface area contributed by atoms with Crippen LogP contribution in [0, 0.1) is 5.92 Å². The zero-order valence-corrected chi connectivity index (χ0v) is 15.2. The maximum Gasteiger partial charge on any atom is 0.308 e. The van der Waals surface area contributed by atoms with Gasteiger partial charge in [0.2, 0.25) is 0 Å². The SMILES string of the molecule is CCCCCCCCOCCC(=O)OCCCCCC(C)C. The lowest BCUT2D eigenvalue weighted by molar-refractivity contribution is -0.145. The lowest BCUT2D eigenvalue weighted by Crippen LogP contribution is -2.10. The van der Waals surface area contributed by atoms with Gasteiger partial charge in [0, 0.05) is 6.61 Å². The smallest absolute Gasteiger partial charge is 0.308 e. The first-order valence-corrected chi connectivity index (χ1v) is 9.40. The van der Waals surface area contributed by atoms with Crippen molar-refractivity contribution >= 4 is 5.97 Å². The van der Waals surface area contributed by atoms with E-state index in [2.05, 4.69) is 20.8 Å². The number of rotatable bonds is 16. The summed E-state index contributed by atoms with van der Waals surface area (Å²) in [7, 11) is 0. The average Bonchev–Trinajstić information content (AvgIpc) is 2.48. The van der Waals surface area contributed by atoms with Crippen LogP contribution < -0.4 is 0 Å². The van der Waals surface area contributed by atoms with E-state index in [9.17, 15) is 4.79 Å². The summed E-state index contributed by atoms with van der Waals surface area (Å²) in [5.41, 5.74) is 0. The van der Waals surface area contributed by atoms with E-state index >= 15 is 0 Å². The molecule has 0 aromatic rings. The summed E-state index contributed by atoms with van der Waals surface area (Å²) in [4.78, 5) is 11.5. The van der Waals surface area contributed by atoms with Crippen molar-refractivity contribution in [3.8, 4) is 0 Å². The number of hydrogen-bond donors (Lipinski definition) is 0. The molecule has 0 aromatic heterocycles. The van der Waals surface area contributed by atoms with Crippen LogP contribution in [-0.4, -0.2) is 25.8 Å². The third-order valence-electron chi connectivity index (χ3n) is 3.78. The molecule has 0 spiro atoms. The maximum atomic E-state index is 11.5. The predicted molar refractivity (Wildman–Crippen MR) is 93.1 cm³/mol. The molecule has 0 bridgehead atoms. The highest BCUT2D eigenvalue weighted by molar-refractivity contribution is 5.69. The molecule has 0 saturated carbocycles. The molecule has 0 unspecified atom stereocenters. The van der Waals surface area contributed by atoms with E-state index < -0.39 is 0 Å². The van der Waals surface area contributed by atoms with E-state index in [1.54, 1.807) is 0 Å². The van der Waals surface area contributed by atoms with E-state index in [0.717, 1.165) is 31.8 Å². The van der Waals surface area contributed by atoms with Crippen LogP contribution in [0.5, 0.6) is 0 Å². The topological polar surface area (TPSA) is 35.5 Å². The third-order valence-corrected chi connectivity index (χ3v) is 3.78. The Labute approximate surface area is 138 Å². The van der Waals surface area contributed by atoms with E-state index in [1.165, 1.54) is 44.9 Å². The van der Waals surface area contributed by atoms with E-state index in [0.29, 0.717) is 19.6 Å². The second kappa shape index (κ2) is 16.8. The van der Waals surface area contributed by atoms with Crippen LogP contribution in [0.2, 0.25) is 0 Å². The largest absolute Gasteiger partial charge is 0.466 e. The van der Waals surface area contributed by atoms with Crippen LogP contribution in [-0.2, 0) is 14.3 Å². The molecule has 0 atom stereocenters. The van der Waals surface area contributed by atoms with Crippen molar-refractivity contribution in [1.29, 1.82) is 0 Å². The van der Waals surface area contributed by atoms with E-state index in [-0.39, 0.29) is 5.97 Å². The van der Waals surface area contributed by atoms with Gasteiger partial charge in [0.15, 0.2) is 0 Å². The van der Waals surface area contributed by atoms with Gasteiger partial charge in [-0.2, -0.15) is 0 Å². The van der Waals surface area contributed by atoms with Gasteiger partial charge in [-0.05, 0) is 18.8 Å². The van der Waals surface area contributed by atoms with Gasteiger partial charge in [0.25, 0.3) is 0 Å². The molecular formula is C19H38O3. The molecule has 0 saturated heterocycles. The van der Waals surface area contributed by atoms with Gasteiger partial charge in [-0.15, -0.1) is 0 Å². The molecule has 22 heavy (non-hydrogen) atoms. The Bertz CT molecular complexity index is 239. The average molecular weight is 315 g/mol. The molecular weight excluding hydrogens is 276 g/mol. The highest BCUT2D eigenvalue weighted by Crippen LogP contribution is 2.08. The zero-order valence-electron chi connectivity index (χ0n) is 15.2. The number of esters is 1. The molecule has 3 heteroatoms. The molecule has 0 radical (unpaired) electrons. The van der Waals surface area contributed by atoms with Crippen molar-refractivity contribution in [3.63, 3.8) is 0 Å². The number of carbonyl (C=O) groups excluding carboxylic acids is 1. The molecule has 0 aliphatic rings. The highest BCUT2D eigenvalue weighted by Gasteiger charge is 2.02. The minimum atomic E-state index is -0.119. The summed E-state index contributed by atoms with van der Waals surface area (Å²) in [5.74, 6) is 0.651. The highest BCUT2D eigenvalue weighted by atomic mass is 16.5. The van der Waals surface area contributed by atoms with Crippen LogP contribution in [0.25, 0.3) is 0 Å². The normalized spacial score (nSPS) is 11.1. The number of ether oxygens (including phenoxy) is 2. The molecule has 3 nitrogen and oxygen atoms in total. The van der Waals surface area contributed by atoms with E-state index in [1.807, 2.05) is 0 Å². The quantitative estimate of drug-likeness (QED) is 0.278. The molecule has 0 aliphatic carbocycles. The third kappa shape index (κ3) is 17.5. The second-order valence-corrected chi connectivity index (χ2v) is 6.59.